The van der Waals surface area contributed by atoms with Crippen molar-refractivity contribution in [2.75, 3.05) is 37.8 Å². The van der Waals surface area contributed by atoms with Gasteiger partial charge in [-0.25, -0.2) is 0 Å². The molecule has 0 saturated heterocycles. The first kappa shape index (κ1) is 29.7. The van der Waals surface area contributed by atoms with Gasteiger partial charge in [0.15, 0.2) is 5.92 Å². The summed E-state index contributed by atoms with van der Waals surface area (Å²) >= 11 is 3.28. The lowest BCUT2D eigenvalue weighted by molar-refractivity contribution is -0.142. The Labute approximate surface area is 220 Å². The van der Waals surface area contributed by atoms with E-state index in [2.05, 4.69) is 55.9 Å². The van der Waals surface area contributed by atoms with Crippen LogP contribution >= 0.6 is 23.5 Å². The van der Waals surface area contributed by atoms with Crippen LogP contribution in [0.1, 0.15) is 66.2 Å². The highest BCUT2D eigenvalue weighted by Crippen LogP contribution is 2.28. The zero-order valence-corrected chi connectivity index (χ0v) is 23.5. The molecule has 0 spiro atoms. The summed E-state index contributed by atoms with van der Waals surface area (Å²) in [6.45, 7) is 10.4. The van der Waals surface area contributed by atoms with Crippen molar-refractivity contribution in [3.63, 3.8) is 0 Å². The highest BCUT2D eigenvalue weighted by atomic mass is 32.2. The summed E-state index contributed by atoms with van der Waals surface area (Å²) in [4.78, 5) is 21.8. The summed E-state index contributed by atoms with van der Waals surface area (Å²) in [5.41, 5.74) is 5.04. The van der Waals surface area contributed by atoms with Gasteiger partial charge in [-0.1, -0.05) is 34.9 Å². The number of hydrogen-bond donors (Lipinski definition) is 1. The minimum atomic E-state index is -0.441. The largest absolute Gasteiger partial charge is 0.461 e. The number of aliphatic hydroxyl groups excluding tert-OH is 1. The Hall–Kier alpha value is -1.57. The summed E-state index contributed by atoms with van der Waals surface area (Å²) in [5, 5.41) is 11.4. The zero-order chi connectivity index (χ0) is 25.5. The molecular weight excluding hydrogens is 476 g/mol. The van der Waals surface area contributed by atoms with Crippen LogP contribution < -0.4 is 0 Å². The molecule has 194 valence electrons. The molecule has 35 heavy (non-hydrogen) atoms. The number of carbonyl (C=O) groups is 1. The van der Waals surface area contributed by atoms with Crippen LogP contribution in [0.4, 0.5) is 0 Å². The normalized spacial score (nSPS) is 17.0. The van der Waals surface area contributed by atoms with Crippen molar-refractivity contribution in [1.29, 1.82) is 0 Å². The average molecular weight is 519 g/mol. The molecule has 2 aliphatic rings. The van der Waals surface area contributed by atoms with E-state index in [1.165, 1.54) is 16.7 Å². The summed E-state index contributed by atoms with van der Waals surface area (Å²) in [6.07, 6.45) is 14.5. The fraction of sp³-hybridized carbons (Fsp3) is 0.607. The molecule has 0 amide bonds. The average Bonchev–Trinajstić information content (AvgIpc) is 3.53. The van der Waals surface area contributed by atoms with Gasteiger partial charge in [-0.15, -0.1) is 23.5 Å². The van der Waals surface area contributed by atoms with Crippen molar-refractivity contribution < 1.29 is 14.6 Å². The fourth-order valence-corrected chi connectivity index (χ4v) is 5.73. The highest BCUT2D eigenvalue weighted by Gasteiger charge is 2.34. The van der Waals surface area contributed by atoms with Crippen LogP contribution in [0.2, 0.25) is 0 Å². The van der Waals surface area contributed by atoms with E-state index in [1.807, 2.05) is 6.08 Å². The van der Waals surface area contributed by atoms with Gasteiger partial charge >= 0.3 is 5.97 Å². The molecule has 2 rings (SSSR count). The second-order valence-corrected chi connectivity index (χ2v) is 11.4. The molecule has 0 radical (unpaired) electrons. The third kappa shape index (κ3) is 11.8. The van der Waals surface area contributed by atoms with Crippen LogP contribution in [0.15, 0.2) is 56.6 Å². The molecule has 7 heteroatoms. The van der Waals surface area contributed by atoms with E-state index < -0.39 is 5.92 Å². The Morgan fingerprint density at radius 3 is 2.00 bits per heavy atom. The first-order valence-corrected chi connectivity index (χ1v) is 14.6. The van der Waals surface area contributed by atoms with Gasteiger partial charge in [-0.3, -0.25) is 14.8 Å². The number of ether oxygens (including phenoxy) is 1. The van der Waals surface area contributed by atoms with Gasteiger partial charge in [-0.2, -0.15) is 0 Å². The minimum Gasteiger partial charge on any atom is -0.461 e. The SMILES string of the molecule is CC(C)=CCCC(C)=CCCC(=CCCC(C)=CCOC(=O)C(C1=NCCS1)C1=NCCS1)CO. The lowest BCUT2D eigenvalue weighted by Crippen LogP contribution is -2.29. The first-order chi connectivity index (χ1) is 16.9. The van der Waals surface area contributed by atoms with E-state index in [0.29, 0.717) is 0 Å². The second-order valence-electron chi connectivity index (χ2n) is 9.22. The van der Waals surface area contributed by atoms with Crippen LogP contribution in [-0.4, -0.2) is 59.0 Å². The molecule has 0 aliphatic carbocycles. The maximum Gasteiger partial charge on any atom is 0.322 e. The fourth-order valence-electron chi connectivity index (χ4n) is 3.76. The highest BCUT2D eigenvalue weighted by molar-refractivity contribution is 8.16. The Balaban J connectivity index is 1.74. The molecule has 0 unspecified atom stereocenters. The Bertz CT molecular complexity index is 857. The zero-order valence-electron chi connectivity index (χ0n) is 21.8. The summed E-state index contributed by atoms with van der Waals surface area (Å²) < 4.78 is 5.60. The van der Waals surface area contributed by atoms with Gasteiger partial charge in [0, 0.05) is 24.6 Å². The first-order valence-electron chi connectivity index (χ1n) is 12.6. The second kappa shape index (κ2) is 17.0. The number of esters is 1. The van der Waals surface area contributed by atoms with Crippen molar-refractivity contribution in [2.24, 2.45) is 15.9 Å². The third-order valence-corrected chi connectivity index (χ3v) is 7.92. The molecule has 2 heterocycles. The lowest BCUT2D eigenvalue weighted by Gasteiger charge is -2.15. The van der Waals surface area contributed by atoms with Gasteiger partial charge < -0.3 is 9.84 Å². The van der Waals surface area contributed by atoms with Crippen molar-refractivity contribution in [3.05, 3.63) is 46.6 Å². The maximum atomic E-state index is 12.8. The minimum absolute atomic E-state index is 0.107. The van der Waals surface area contributed by atoms with Gasteiger partial charge in [-0.05, 0) is 77.9 Å². The van der Waals surface area contributed by atoms with Crippen LogP contribution in [0.25, 0.3) is 0 Å². The Morgan fingerprint density at radius 2 is 1.46 bits per heavy atom. The lowest BCUT2D eigenvalue weighted by atomic mass is 10.0. The van der Waals surface area contributed by atoms with Crippen molar-refractivity contribution in [1.82, 2.24) is 0 Å². The predicted molar refractivity (Wildman–Crippen MR) is 154 cm³/mol. The molecule has 0 saturated carbocycles. The smallest absolute Gasteiger partial charge is 0.322 e. The molecule has 5 nitrogen and oxygen atoms in total. The van der Waals surface area contributed by atoms with E-state index in [4.69, 9.17) is 4.74 Å². The van der Waals surface area contributed by atoms with Crippen LogP contribution in [0, 0.1) is 5.92 Å². The number of thioether (sulfide) groups is 2. The quantitative estimate of drug-likeness (QED) is 0.196. The molecule has 0 atom stereocenters. The molecule has 0 aromatic carbocycles. The number of hydrogen-bond acceptors (Lipinski definition) is 7. The maximum absolute atomic E-state index is 12.8. The van der Waals surface area contributed by atoms with Gasteiger partial charge in [0.25, 0.3) is 0 Å². The van der Waals surface area contributed by atoms with Crippen molar-refractivity contribution in [2.45, 2.75) is 66.2 Å². The van der Waals surface area contributed by atoms with Gasteiger partial charge in [0.1, 0.15) is 6.61 Å². The van der Waals surface area contributed by atoms with Crippen molar-refractivity contribution >= 4 is 39.6 Å². The number of aliphatic hydroxyl groups is 1. The van der Waals surface area contributed by atoms with Crippen LogP contribution in [0.5, 0.6) is 0 Å². The third-order valence-electron chi connectivity index (χ3n) is 5.83. The summed E-state index contributed by atoms with van der Waals surface area (Å²) in [5.74, 6) is 1.16. The number of carbonyl (C=O) groups excluding carboxylic acids is 1. The molecule has 0 bridgehead atoms. The molecule has 1 N–H and O–H groups in total. The van der Waals surface area contributed by atoms with E-state index >= 15 is 0 Å². The number of rotatable bonds is 15. The van der Waals surface area contributed by atoms with E-state index in [9.17, 15) is 9.90 Å². The standard InChI is InChI=1S/C28H42N2O3S2/c1-21(2)8-5-9-22(3)10-6-12-24(20-31)13-7-11-23(4)14-17-33-28(32)25(26-29-15-18-34-26)27-30-16-19-35-27/h8,10,13-14,25,31H,5-7,9,11-12,15-20H2,1-4H3. The Kier molecular flexibility index (Phi) is 14.4. The molecule has 0 fully saturated rings. The summed E-state index contributed by atoms with van der Waals surface area (Å²) in [6, 6.07) is 0. The van der Waals surface area contributed by atoms with E-state index in [0.717, 1.165) is 78.8 Å². The van der Waals surface area contributed by atoms with Crippen molar-refractivity contribution in [3.8, 4) is 0 Å². The molecule has 0 aromatic heterocycles. The monoisotopic (exact) mass is 518 g/mol. The summed E-state index contributed by atoms with van der Waals surface area (Å²) in [7, 11) is 0. The molecule has 2 aliphatic heterocycles. The van der Waals surface area contributed by atoms with Gasteiger partial charge in [0.2, 0.25) is 0 Å². The Morgan fingerprint density at radius 1 is 0.886 bits per heavy atom. The van der Waals surface area contributed by atoms with Crippen LogP contribution in [-0.2, 0) is 9.53 Å². The number of allylic oxidation sites excluding steroid dienone is 6. The molecular formula is C28H42N2O3S2. The van der Waals surface area contributed by atoms with E-state index in [-0.39, 0.29) is 19.2 Å². The number of aliphatic imine (C=N–C) groups is 2. The molecule has 0 aromatic rings. The van der Waals surface area contributed by atoms with Crippen LogP contribution in [0.3, 0.4) is 0 Å². The van der Waals surface area contributed by atoms with E-state index in [1.54, 1.807) is 23.5 Å². The topological polar surface area (TPSA) is 71.2 Å². The van der Waals surface area contributed by atoms with Gasteiger partial charge in [0.05, 0.1) is 16.7 Å². The predicted octanol–water partition coefficient (Wildman–Crippen LogP) is 6.55. The number of nitrogens with zero attached hydrogens (tertiary/aromatic N) is 2.